The normalized spacial score (nSPS) is 14.1. The lowest BCUT2D eigenvalue weighted by Gasteiger charge is -2.19. The van der Waals surface area contributed by atoms with Gasteiger partial charge in [0.05, 0.1) is 17.8 Å². The van der Waals surface area contributed by atoms with Crippen molar-refractivity contribution in [3.63, 3.8) is 0 Å². The van der Waals surface area contributed by atoms with Crippen molar-refractivity contribution < 1.29 is 4.74 Å². The molecule has 0 saturated carbocycles. The fourth-order valence-electron chi connectivity index (χ4n) is 2.03. The molecule has 0 amide bonds. The molecule has 0 saturated heterocycles. The number of aromatic nitrogens is 1. The van der Waals surface area contributed by atoms with E-state index >= 15 is 0 Å². The van der Waals surface area contributed by atoms with Crippen molar-refractivity contribution in [3.05, 3.63) is 45.9 Å². The molecule has 0 aliphatic carbocycles. The number of hydrogen-bond acceptors (Lipinski definition) is 4. The maximum absolute atomic E-state index is 5.17. The Balaban J connectivity index is 2.01. The third-order valence-electron chi connectivity index (χ3n) is 3.20. The molecule has 1 unspecified atom stereocenters. The van der Waals surface area contributed by atoms with Crippen molar-refractivity contribution in [2.24, 2.45) is 0 Å². The monoisotopic (exact) mass is 276 g/mol. The lowest BCUT2D eigenvalue weighted by molar-refractivity contribution is 0.414. The van der Waals surface area contributed by atoms with Crippen molar-refractivity contribution in [1.82, 2.24) is 10.3 Å². The molecule has 102 valence electrons. The molecular weight excluding hydrogens is 256 g/mol. The van der Waals surface area contributed by atoms with E-state index in [1.54, 1.807) is 18.4 Å². The summed E-state index contributed by atoms with van der Waals surface area (Å²) in [5.74, 6) is 0.888. The highest BCUT2D eigenvalue weighted by Crippen LogP contribution is 2.22. The molecule has 2 aromatic rings. The Morgan fingerprint density at radius 1 is 1.16 bits per heavy atom. The molecule has 4 heteroatoms. The average molecular weight is 276 g/mol. The van der Waals surface area contributed by atoms with E-state index in [0.717, 1.165) is 16.5 Å². The largest absolute Gasteiger partial charge is 0.497 e. The summed E-state index contributed by atoms with van der Waals surface area (Å²) in [5.41, 5.74) is 2.36. The second kappa shape index (κ2) is 6.17. The maximum atomic E-state index is 5.17. The lowest BCUT2D eigenvalue weighted by atomic mass is 10.1. The lowest BCUT2D eigenvalue weighted by Crippen LogP contribution is -2.22. The summed E-state index contributed by atoms with van der Waals surface area (Å²) < 4.78 is 5.17. The van der Waals surface area contributed by atoms with Crippen LogP contribution in [0, 0.1) is 6.92 Å². The second-order valence-electron chi connectivity index (χ2n) is 4.67. The van der Waals surface area contributed by atoms with Crippen LogP contribution in [0.15, 0.2) is 29.6 Å². The number of hydrogen-bond donors (Lipinski definition) is 1. The molecule has 19 heavy (non-hydrogen) atoms. The summed E-state index contributed by atoms with van der Waals surface area (Å²) >= 11 is 1.69. The van der Waals surface area contributed by atoms with Gasteiger partial charge in [-0.25, -0.2) is 4.98 Å². The van der Waals surface area contributed by atoms with Crippen LogP contribution in [0.2, 0.25) is 0 Å². The Bertz CT molecular complexity index is 521. The molecule has 2 atom stereocenters. The van der Waals surface area contributed by atoms with Gasteiger partial charge in [-0.2, -0.15) is 0 Å². The first-order valence-electron chi connectivity index (χ1n) is 6.42. The third kappa shape index (κ3) is 3.55. The summed E-state index contributed by atoms with van der Waals surface area (Å²) in [6, 6.07) is 8.70. The smallest absolute Gasteiger partial charge is 0.118 e. The van der Waals surface area contributed by atoms with Crippen LogP contribution < -0.4 is 10.1 Å². The van der Waals surface area contributed by atoms with E-state index in [2.05, 4.69) is 41.7 Å². The van der Waals surface area contributed by atoms with Crippen molar-refractivity contribution in [1.29, 1.82) is 0 Å². The minimum atomic E-state index is 0.252. The highest BCUT2D eigenvalue weighted by molar-refractivity contribution is 7.09. The zero-order valence-electron chi connectivity index (χ0n) is 11.8. The molecule has 1 aromatic carbocycles. The minimum Gasteiger partial charge on any atom is -0.497 e. The number of methoxy groups -OCH3 is 1. The Labute approximate surface area is 118 Å². The number of nitrogens with one attached hydrogen (secondary N) is 1. The van der Waals surface area contributed by atoms with Gasteiger partial charge in [0, 0.05) is 17.5 Å². The van der Waals surface area contributed by atoms with Crippen LogP contribution in [0.5, 0.6) is 5.75 Å². The molecule has 0 fully saturated rings. The number of thiazole rings is 1. The van der Waals surface area contributed by atoms with Gasteiger partial charge in [-0.15, -0.1) is 11.3 Å². The molecular formula is C15H20N2OS. The van der Waals surface area contributed by atoms with Crippen LogP contribution in [0.3, 0.4) is 0 Å². The minimum absolute atomic E-state index is 0.252. The molecule has 3 nitrogen and oxygen atoms in total. The Morgan fingerprint density at radius 3 is 2.37 bits per heavy atom. The molecule has 0 spiro atoms. The number of ether oxygens (including phenoxy) is 1. The summed E-state index contributed by atoms with van der Waals surface area (Å²) in [6.07, 6.45) is 0. The quantitative estimate of drug-likeness (QED) is 0.900. The van der Waals surface area contributed by atoms with Crippen LogP contribution in [0.4, 0.5) is 0 Å². The van der Waals surface area contributed by atoms with E-state index in [-0.39, 0.29) is 12.1 Å². The highest BCUT2D eigenvalue weighted by atomic mass is 32.1. The molecule has 1 N–H and O–H groups in total. The molecule has 0 aliphatic heterocycles. The van der Waals surface area contributed by atoms with Crippen LogP contribution >= 0.6 is 11.3 Å². The van der Waals surface area contributed by atoms with Gasteiger partial charge in [-0.05, 0) is 38.5 Å². The predicted molar refractivity (Wildman–Crippen MR) is 79.8 cm³/mol. The van der Waals surface area contributed by atoms with Crippen LogP contribution in [0.25, 0.3) is 0 Å². The van der Waals surface area contributed by atoms with Gasteiger partial charge >= 0.3 is 0 Å². The second-order valence-corrected chi connectivity index (χ2v) is 5.74. The Morgan fingerprint density at radius 2 is 1.84 bits per heavy atom. The number of benzene rings is 1. The fourth-order valence-corrected chi connectivity index (χ4v) is 2.73. The van der Waals surface area contributed by atoms with E-state index in [4.69, 9.17) is 4.74 Å². The van der Waals surface area contributed by atoms with Crippen molar-refractivity contribution in [2.75, 3.05) is 7.11 Å². The van der Waals surface area contributed by atoms with E-state index in [1.165, 1.54) is 5.56 Å². The summed E-state index contributed by atoms with van der Waals surface area (Å²) in [7, 11) is 1.68. The van der Waals surface area contributed by atoms with Gasteiger partial charge in [0.25, 0.3) is 0 Å². The first-order chi connectivity index (χ1) is 9.10. The first kappa shape index (κ1) is 14.0. The summed E-state index contributed by atoms with van der Waals surface area (Å²) in [6.45, 7) is 6.35. The first-order valence-corrected chi connectivity index (χ1v) is 7.30. The van der Waals surface area contributed by atoms with E-state index < -0.39 is 0 Å². The Kier molecular flexibility index (Phi) is 4.56. The molecule has 2 rings (SSSR count). The zero-order valence-corrected chi connectivity index (χ0v) is 12.6. The topological polar surface area (TPSA) is 34.1 Å². The van der Waals surface area contributed by atoms with Gasteiger partial charge in [0.1, 0.15) is 5.75 Å². The van der Waals surface area contributed by atoms with E-state index in [9.17, 15) is 0 Å². The highest BCUT2D eigenvalue weighted by Gasteiger charge is 2.13. The number of rotatable bonds is 5. The third-order valence-corrected chi connectivity index (χ3v) is 3.99. The maximum Gasteiger partial charge on any atom is 0.118 e. The Hall–Kier alpha value is -1.39. The van der Waals surface area contributed by atoms with Gasteiger partial charge in [-0.3, -0.25) is 0 Å². The summed E-state index contributed by atoms with van der Waals surface area (Å²) in [5, 5.41) is 6.80. The van der Waals surface area contributed by atoms with Crippen molar-refractivity contribution in [3.8, 4) is 5.75 Å². The van der Waals surface area contributed by atoms with Gasteiger partial charge in [-0.1, -0.05) is 12.1 Å². The molecule has 0 radical (unpaired) electrons. The standard InChI is InChI=1S/C15H20N2OS/c1-10(13-5-7-14(18-4)8-6-13)16-11(2)15-9-19-12(3)17-15/h5-11,16H,1-4H3/t10-,11?/m1/s1. The molecule has 0 aliphatic rings. The summed E-state index contributed by atoms with van der Waals surface area (Å²) in [4.78, 5) is 4.52. The van der Waals surface area contributed by atoms with Crippen molar-refractivity contribution >= 4 is 11.3 Å². The molecule has 1 heterocycles. The van der Waals surface area contributed by atoms with E-state index in [0.29, 0.717) is 0 Å². The van der Waals surface area contributed by atoms with Crippen molar-refractivity contribution in [2.45, 2.75) is 32.9 Å². The molecule has 1 aromatic heterocycles. The average Bonchev–Trinajstić information content (AvgIpc) is 2.85. The van der Waals surface area contributed by atoms with Crippen LogP contribution in [0.1, 0.15) is 42.2 Å². The molecule has 0 bridgehead atoms. The fraction of sp³-hybridized carbons (Fsp3) is 0.400. The van der Waals surface area contributed by atoms with Gasteiger partial charge in [0.15, 0.2) is 0 Å². The number of nitrogens with zero attached hydrogens (tertiary/aromatic N) is 1. The zero-order chi connectivity index (χ0) is 13.8. The SMILES string of the molecule is COc1ccc([C@@H](C)NC(C)c2csc(C)n2)cc1. The number of aryl methyl sites for hydroxylation is 1. The van der Waals surface area contributed by atoms with Crippen LogP contribution in [-0.4, -0.2) is 12.1 Å². The van der Waals surface area contributed by atoms with Gasteiger partial charge < -0.3 is 10.1 Å². The van der Waals surface area contributed by atoms with Gasteiger partial charge in [0.2, 0.25) is 0 Å². The van der Waals surface area contributed by atoms with Crippen LogP contribution in [-0.2, 0) is 0 Å². The van der Waals surface area contributed by atoms with E-state index in [1.807, 2.05) is 19.1 Å². The predicted octanol–water partition coefficient (Wildman–Crippen LogP) is 3.87.